The number of benzene rings is 1. The van der Waals surface area contributed by atoms with Gasteiger partial charge in [0, 0.05) is 23.7 Å². The van der Waals surface area contributed by atoms with Crippen LogP contribution in [0.5, 0.6) is 0 Å². The zero-order chi connectivity index (χ0) is 17.2. The normalized spacial score (nSPS) is 22.0. The molecule has 2 heterocycles. The minimum absolute atomic E-state index is 0.281. The number of aliphatic hydroxyl groups is 1. The van der Waals surface area contributed by atoms with Crippen LogP contribution in [0.2, 0.25) is 5.02 Å². The first kappa shape index (κ1) is 17.3. The monoisotopic (exact) mass is 353 g/mol. The second-order valence-corrected chi connectivity index (χ2v) is 6.87. The fourth-order valence-electron chi connectivity index (χ4n) is 3.28. The lowest BCUT2D eigenvalue weighted by molar-refractivity contribution is -0.0346. The molecular weight excluding hydrogens is 333 g/mol. The van der Waals surface area contributed by atoms with Gasteiger partial charge in [-0.15, -0.1) is 0 Å². The Morgan fingerprint density at radius 3 is 3.00 bits per heavy atom. The number of halogens is 2. The molecule has 1 saturated heterocycles. The van der Waals surface area contributed by atoms with Crippen LogP contribution >= 0.6 is 11.6 Å². The van der Waals surface area contributed by atoms with E-state index in [0.717, 1.165) is 13.0 Å². The number of β-amino-alcohol motifs (C(OH)–C–C–N with tert-alkyl or cyclic N) is 1. The molecule has 1 fully saturated rings. The molecule has 5 nitrogen and oxygen atoms in total. The fourth-order valence-corrected chi connectivity index (χ4v) is 3.53. The summed E-state index contributed by atoms with van der Waals surface area (Å²) in [6, 6.07) is 4.73. The molecule has 1 aliphatic rings. The Hall–Kier alpha value is -1.50. The maximum Gasteiger partial charge on any atom is 0.229 e. The van der Waals surface area contributed by atoms with Crippen molar-refractivity contribution in [2.45, 2.75) is 38.2 Å². The van der Waals surface area contributed by atoms with Crippen molar-refractivity contribution >= 4 is 11.6 Å². The largest absolute Gasteiger partial charge is 0.388 e. The first-order valence-corrected chi connectivity index (χ1v) is 8.50. The van der Waals surface area contributed by atoms with E-state index in [1.807, 2.05) is 0 Å². The topological polar surface area (TPSA) is 62.4 Å². The third kappa shape index (κ3) is 4.12. The lowest BCUT2D eigenvalue weighted by Gasteiger charge is -2.38. The molecule has 0 radical (unpaired) electrons. The van der Waals surface area contributed by atoms with E-state index in [4.69, 9.17) is 16.1 Å². The summed E-state index contributed by atoms with van der Waals surface area (Å²) in [6.07, 6.45) is 2.41. The van der Waals surface area contributed by atoms with Gasteiger partial charge in [0.25, 0.3) is 0 Å². The number of aromatic nitrogens is 2. The predicted molar refractivity (Wildman–Crippen MR) is 88.5 cm³/mol. The van der Waals surface area contributed by atoms with Crippen molar-refractivity contribution < 1.29 is 14.0 Å². The number of rotatable bonds is 5. The minimum Gasteiger partial charge on any atom is -0.388 e. The molecule has 1 aliphatic heterocycles. The van der Waals surface area contributed by atoms with Crippen molar-refractivity contribution in [1.82, 2.24) is 15.0 Å². The van der Waals surface area contributed by atoms with Crippen molar-refractivity contribution in [3.8, 4) is 0 Å². The van der Waals surface area contributed by atoms with Gasteiger partial charge in [-0.3, -0.25) is 0 Å². The molecule has 1 unspecified atom stereocenters. The highest BCUT2D eigenvalue weighted by Gasteiger charge is 2.35. The van der Waals surface area contributed by atoms with E-state index in [1.54, 1.807) is 19.1 Å². The van der Waals surface area contributed by atoms with Crippen LogP contribution in [0.25, 0.3) is 0 Å². The number of hydrogen-bond acceptors (Lipinski definition) is 5. The highest BCUT2D eigenvalue weighted by molar-refractivity contribution is 6.31. The van der Waals surface area contributed by atoms with Gasteiger partial charge in [0.2, 0.25) is 5.89 Å². The van der Waals surface area contributed by atoms with Crippen LogP contribution in [-0.2, 0) is 12.8 Å². The van der Waals surface area contributed by atoms with Crippen LogP contribution in [0.3, 0.4) is 0 Å². The minimum atomic E-state index is -0.893. The van der Waals surface area contributed by atoms with Crippen molar-refractivity contribution in [2.24, 2.45) is 0 Å². The van der Waals surface area contributed by atoms with Crippen molar-refractivity contribution in [2.75, 3.05) is 19.6 Å². The summed E-state index contributed by atoms with van der Waals surface area (Å²) in [7, 11) is 0. The first-order valence-electron chi connectivity index (χ1n) is 8.12. The van der Waals surface area contributed by atoms with Gasteiger partial charge >= 0.3 is 0 Å². The number of aryl methyl sites for hydroxylation is 1. The van der Waals surface area contributed by atoms with Crippen LogP contribution in [0.1, 0.15) is 30.1 Å². The Labute approximate surface area is 145 Å². The second kappa shape index (κ2) is 7.17. The summed E-state index contributed by atoms with van der Waals surface area (Å²) in [6.45, 7) is 3.77. The Morgan fingerprint density at radius 1 is 1.46 bits per heavy atom. The summed E-state index contributed by atoms with van der Waals surface area (Å²) < 4.78 is 19.0. The highest BCUT2D eigenvalue weighted by Crippen LogP contribution is 2.26. The SMILES string of the molecule is Cc1noc(CC2(O)CCCN(CCc3c(F)cccc3Cl)C2)n1. The number of nitrogens with zero attached hydrogens (tertiary/aromatic N) is 3. The Balaban J connectivity index is 1.61. The molecule has 24 heavy (non-hydrogen) atoms. The second-order valence-electron chi connectivity index (χ2n) is 6.47. The van der Waals surface area contributed by atoms with E-state index in [-0.39, 0.29) is 5.82 Å². The molecular formula is C17H21ClFN3O2. The van der Waals surface area contributed by atoms with Gasteiger partial charge in [-0.1, -0.05) is 22.8 Å². The van der Waals surface area contributed by atoms with E-state index in [2.05, 4.69) is 15.0 Å². The molecule has 130 valence electrons. The molecule has 7 heteroatoms. The molecule has 1 aromatic carbocycles. The van der Waals surface area contributed by atoms with Crippen LogP contribution < -0.4 is 0 Å². The van der Waals surface area contributed by atoms with Gasteiger partial charge in [-0.2, -0.15) is 4.98 Å². The van der Waals surface area contributed by atoms with Gasteiger partial charge in [-0.05, 0) is 44.9 Å². The smallest absolute Gasteiger partial charge is 0.229 e. The zero-order valence-corrected chi connectivity index (χ0v) is 14.4. The molecule has 0 bridgehead atoms. The molecule has 0 spiro atoms. The van der Waals surface area contributed by atoms with Crippen LogP contribution in [0.15, 0.2) is 22.7 Å². The number of piperidine rings is 1. The van der Waals surface area contributed by atoms with Crippen molar-refractivity contribution in [1.29, 1.82) is 0 Å². The Bertz CT molecular complexity index is 689. The Morgan fingerprint density at radius 2 is 2.29 bits per heavy atom. The van der Waals surface area contributed by atoms with Crippen LogP contribution in [-0.4, -0.2) is 45.4 Å². The van der Waals surface area contributed by atoms with E-state index in [1.165, 1.54) is 6.07 Å². The van der Waals surface area contributed by atoms with Crippen molar-refractivity contribution in [3.63, 3.8) is 0 Å². The van der Waals surface area contributed by atoms with Crippen LogP contribution in [0.4, 0.5) is 4.39 Å². The average molecular weight is 354 g/mol. The van der Waals surface area contributed by atoms with Crippen LogP contribution in [0, 0.1) is 12.7 Å². The predicted octanol–water partition coefficient (Wildman–Crippen LogP) is 2.78. The molecule has 1 aromatic heterocycles. The highest BCUT2D eigenvalue weighted by atomic mass is 35.5. The molecule has 0 aliphatic carbocycles. The van der Waals surface area contributed by atoms with Gasteiger partial charge in [0.05, 0.1) is 12.0 Å². The number of hydrogen-bond donors (Lipinski definition) is 1. The van der Waals surface area contributed by atoms with E-state index in [0.29, 0.717) is 54.7 Å². The average Bonchev–Trinajstić information content (AvgIpc) is 2.91. The molecule has 1 atom stereocenters. The summed E-state index contributed by atoms with van der Waals surface area (Å²) >= 11 is 6.08. The lowest BCUT2D eigenvalue weighted by Crippen LogP contribution is -2.50. The van der Waals surface area contributed by atoms with Gasteiger partial charge in [0.15, 0.2) is 5.82 Å². The van der Waals surface area contributed by atoms with Crippen molar-refractivity contribution in [3.05, 3.63) is 46.3 Å². The van der Waals surface area contributed by atoms with E-state index in [9.17, 15) is 9.50 Å². The molecule has 3 rings (SSSR count). The summed E-state index contributed by atoms with van der Waals surface area (Å²) in [5, 5.41) is 15.0. The maximum atomic E-state index is 13.9. The third-order valence-corrected chi connectivity index (χ3v) is 4.78. The van der Waals surface area contributed by atoms with Gasteiger partial charge in [-0.25, -0.2) is 4.39 Å². The van der Waals surface area contributed by atoms with E-state index >= 15 is 0 Å². The van der Waals surface area contributed by atoms with Gasteiger partial charge in [0.1, 0.15) is 5.82 Å². The molecule has 0 saturated carbocycles. The number of likely N-dealkylation sites (tertiary alicyclic amines) is 1. The standard InChI is InChI=1S/C17H21ClFN3O2/c1-12-20-16(24-21-12)10-17(23)7-3-8-22(11-17)9-6-13-14(18)4-2-5-15(13)19/h2,4-5,23H,3,6-11H2,1H3. The quantitative estimate of drug-likeness (QED) is 0.895. The lowest BCUT2D eigenvalue weighted by atomic mass is 9.89. The zero-order valence-electron chi connectivity index (χ0n) is 13.6. The summed E-state index contributed by atoms with van der Waals surface area (Å²) in [5.41, 5.74) is -0.364. The maximum absolute atomic E-state index is 13.9. The van der Waals surface area contributed by atoms with Gasteiger partial charge < -0.3 is 14.5 Å². The Kier molecular flexibility index (Phi) is 5.18. The molecule has 2 aromatic rings. The molecule has 1 N–H and O–H groups in total. The fraction of sp³-hybridized carbons (Fsp3) is 0.529. The first-order chi connectivity index (χ1) is 11.5. The summed E-state index contributed by atoms with van der Waals surface area (Å²) in [4.78, 5) is 6.30. The molecule has 0 amide bonds. The van der Waals surface area contributed by atoms with E-state index < -0.39 is 5.60 Å². The summed E-state index contributed by atoms with van der Waals surface area (Å²) in [5.74, 6) is 0.737. The third-order valence-electron chi connectivity index (χ3n) is 4.42.